The van der Waals surface area contributed by atoms with Crippen LogP contribution in [0.25, 0.3) is 49.7 Å². The topological polar surface area (TPSA) is 17.0 Å². The molecule has 0 saturated heterocycles. The third kappa shape index (κ3) is 3.36. The second-order valence-electron chi connectivity index (χ2n) is 12.5. The van der Waals surface area contributed by atoms with Gasteiger partial charge in [-0.3, -0.25) is 0 Å². The van der Waals surface area contributed by atoms with Gasteiger partial charge in [0, 0.05) is 23.0 Å². The summed E-state index contributed by atoms with van der Waals surface area (Å²) in [6.45, 7) is 0.793. The first kappa shape index (κ1) is 25.5. The van der Waals surface area contributed by atoms with Crippen molar-refractivity contribution in [2.75, 3.05) is 5.32 Å². The number of aromatic nitrogens is 1. The van der Waals surface area contributed by atoms with Gasteiger partial charge in [0.2, 0.25) is 0 Å². The zero-order valence-corrected chi connectivity index (χ0v) is 25.2. The highest BCUT2D eigenvalue weighted by molar-refractivity contribution is 6.12. The minimum Gasteiger partial charge on any atom is -0.381 e. The van der Waals surface area contributed by atoms with Gasteiger partial charge in [-0.15, -0.1) is 0 Å². The van der Waals surface area contributed by atoms with Crippen LogP contribution in [0.1, 0.15) is 27.8 Å². The van der Waals surface area contributed by atoms with E-state index < -0.39 is 5.41 Å². The van der Waals surface area contributed by atoms with Crippen LogP contribution in [0.2, 0.25) is 0 Å². The van der Waals surface area contributed by atoms with Crippen LogP contribution in [0.15, 0.2) is 164 Å². The Hall–Kier alpha value is -5.86. The lowest BCUT2D eigenvalue weighted by atomic mass is 9.65. The molecule has 46 heavy (non-hydrogen) atoms. The Morgan fingerprint density at radius 1 is 0.478 bits per heavy atom. The molecule has 1 unspecified atom stereocenters. The first-order valence-corrected chi connectivity index (χ1v) is 16.1. The zero-order valence-electron chi connectivity index (χ0n) is 25.2. The molecule has 216 valence electrons. The largest absolute Gasteiger partial charge is 0.381 e. The normalized spacial score (nSPS) is 15.6. The van der Waals surface area contributed by atoms with E-state index in [4.69, 9.17) is 0 Å². The summed E-state index contributed by atoms with van der Waals surface area (Å²) in [7, 11) is 0. The number of hydrogen-bond acceptors (Lipinski definition) is 1. The molecule has 2 aliphatic rings. The fourth-order valence-electron chi connectivity index (χ4n) is 8.32. The molecule has 1 spiro atoms. The molecule has 7 aromatic carbocycles. The average molecular weight is 587 g/mol. The summed E-state index contributed by atoms with van der Waals surface area (Å²) >= 11 is 0. The maximum Gasteiger partial charge on any atom is 0.0754 e. The standard InChI is InChI=1S/C44H30N2/c1-2-11-32(12-3-1)45-28-29-21-23-30(24-22-29)31-25-26-34-33-13-4-6-16-37(33)44(40(34)27-31)38-17-7-9-20-42(38)46-41-19-8-5-14-35(41)36-15-10-18-39(44)43(36)46/h1-27,45H,28H2. The first-order chi connectivity index (χ1) is 22.8. The van der Waals surface area contributed by atoms with E-state index >= 15 is 0 Å². The molecule has 1 atom stereocenters. The van der Waals surface area contributed by atoms with Crippen LogP contribution < -0.4 is 5.32 Å². The Labute approximate surface area is 268 Å². The summed E-state index contributed by atoms with van der Waals surface area (Å²) in [5.74, 6) is 0. The minimum atomic E-state index is -0.429. The van der Waals surface area contributed by atoms with E-state index in [1.807, 2.05) is 6.07 Å². The number of anilines is 1. The molecule has 2 nitrogen and oxygen atoms in total. The van der Waals surface area contributed by atoms with Gasteiger partial charge in [0.25, 0.3) is 0 Å². The Morgan fingerprint density at radius 3 is 2.04 bits per heavy atom. The van der Waals surface area contributed by atoms with Crippen LogP contribution in [-0.4, -0.2) is 4.57 Å². The second kappa shape index (κ2) is 9.57. The van der Waals surface area contributed by atoms with Crippen molar-refractivity contribution < 1.29 is 0 Å². The van der Waals surface area contributed by atoms with Gasteiger partial charge in [0.15, 0.2) is 0 Å². The molecule has 1 aliphatic carbocycles. The highest BCUT2D eigenvalue weighted by Crippen LogP contribution is 2.61. The van der Waals surface area contributed by atoms with Crippen molar-refractivity contribution >= 4 is 27.5 Å². The molecule has 0 bridgehead atoms. The van der Waals surface area contributed by atoms with E-state index in [0.29, 0.717) is 0 Å². The Balaban J connectivity index is 1.20. The molecule has 2 heterocycles. The van der Waals surface area contributed by atoms with Gasteiger partial charge in [-0.25, -0.2) is 0 Å². The van der Waals surface area contributed by atoms with Gasteiger partial charge in [-0.2, -0.15) is 0 Å². The predicted molar refractivity (Wildman–Crippen MR) is 191 cm³/mol. The van der Waals surface area contributed by atoms with E-state index in [9.17, 15) is 0 Å². The fraction of sp³-hybridized carbons (Fsp3) is 0.0455. The quantitative estimate of drug-likeness (QED) is 0.217. The van der Waals surface area contributed by atoms with Gasteiger partial charge >= 0.3 is 0 Å². The number of nitrogens with zero attached hydrogens (tertiary/aromatic N) is 1. The molecule has 10 rings (SSSR count). The van der Waals surface area contributed by atoms with Crippen LogP contribution in [0.3, 0.4) is 0 Å². The summed E-state index contributed by atoms with van der Waals surface area (Å²) in [6, 6.07) is 60.5. The molecule has 0 amide bonds. The van der Waals surface area contributed by atoms with Crippen LogP contribution in [0, 0.1) is 0 Å². The van der Waals surface area contributed by atoms with E-state index in [1.54, 1.807) is 0 Å². The van der Waals surface area contributed by atoms with E-state index in [-0.39, 0.29) is 0 Å². The van der Waals surface area contributed by atoms with Crippen molar-refractivity contribution in [3.05, 3.63) is 192 Å². The number of fused-ring (bicyclic) bond motifs is 12. The van der Waals surface area contributed by atoms with Crippen molar-refractivity contribution in [1.82, 2.24) is 4.57 Å². The number of nitrogens with one attached hydrogen (secondary N) is 1. The van der Waals surface area contributed by atoms with Crippen molar-refractivity contribution in [1.29, 1.82) is 0 Å². The SMILES string of the molecule is c1ccc(NCc2ccc(-c3ccc4c(c3)C3(c5ccccc5-4)c4ccccc4-n4c5ccccc5c5cccc3c54)cc2)cc1. The van der Waals surface area contributed by atoms with Crippen molar-refractivity contribution in [2.45, 2.75) is 12.0 Å². The molecule has 0 radical (unpaired) electrons. The van der Waals surface area contributed by atoms with E-state index in [2.05, 4.69) is 168 Å². The Bertz CT molecular complexity index is 2470. The third-order valence-corrected chi connectivity index (χ3v) is 10.3. The summed E-state index contributed by atoms with van der Waals surface area (Å²) in [5, 5.41) is 6.15. The number of benzene rings is 7. The van der Waals surface area contributed by atoms with Gasteiger partial charge in [-0.05, 0) is 80.4 Å². The van der Waals surface area contributed by atoms with Crippen LogP contribution in [0.5, 0.6) is 0 Å². The Kier molecular flexibility index (Phi) is 5.30. The van der Waals surface area contributed by atoms with Crippen molar-refractivity contribution in [3.63, 3.8) is 0 Å². The molecule has 8 aromatic rings. The molecular formula is C44H30N2. The van der Waals surface area contributed by atoms with Gasteiger partial charge in [-0.1, -0.05) is 133 Å². The zero-order chi connectivity index (χ0) is 30.2. The monoisotopic (exact) mass is 586 g/mol. The maximum absolute atomic E-state index is 3.54. The summed E-state index contributed by atoms with van der Waals surface area (Å²) in [4.78, 5) is 0. The summed E-state index contributed by atoms with van der Waals surface area (Å²) in [6.07, 6.45) is 0. The second-order valence-corrected chi connectivity index (χ2v) is 12.5. The number of rotatable bonds is 4. The van der Waals surface area contributed by atoms with Crippen molar-refractivity contribution in [2.24, 2.45) is 0 Å². The Morgan fingerprint density at radius 2 is 1.15 bits per heavy atom. The molecular weight excluding hydrogens is 556 g/mol. The number of hydrogen-bond donors (Lipinski definition) is 1. The summed E-state index contributed by atoms with van der Waals surface area (Å²) in [5.41, 5.74) is 16.3. The smallest absolute Gasteiger partial charge is 0.0754 e. The lowest BCUT2D eigenvalue weighted by Crippen LogP contribution is -2.33. The minimum absolute atomic E-state index is 0.429. The van der Waals surface area contributed by atoms with Crippen LogP contribution in [-0.2, 0) is 12.0 Å². The van der Waals surface area contributed by atoms with Gasteiger partial charge < -0.3 is 9.88 Å². The van der Waals surface area contributed by atoms with Crippen LogP contribution in [0.4, 0.5) is 5.69 Å². The third-order valence-electron chi connectivity index (χ3n) is 10.3. The molecule has 0 fully saturated rings. The van der Waals surface area contributed by atoms with E-state index in [0.717, 1.165) is 12.2 Å². The van der Waals surface area contributed by atoms with Crippen LogP contribution >= 0.6 is 0 Å². The maximum atomic E-state index is 3.54. The fourth-order valence-corrected chi connectivity index (χ4v) is 8.32. The van der Waals surface area contributed by atoms with Gasteiger partial charge in [0.1, 0.15) is 0 Å². The molecule has 1 N–H and O–H groups in total. The highest BCUT2D eigenvalue weighted by atomic mass is 15.0. The number of para-hydroxylation sites is 4. The predicted octanol–water partition coefficient (Wildman–Crippen LogP) is 10.7. The first-order valence-electron chi connectivity index (χ1n) is 16.1. The lowest BCUT2D eigenvalue weighted by Gasteiger charge is -2.39. The molecule has 2 heteroatoms. The highest BCUT2D eigenvalue weighted by Gasteiger charge is 2.50. The lowest BCUT2D eigenvalue weighted by molar-refractivity contribution is 0.749. The molecule has 1 aromatic heterocycles. The van der Waals surface area contributed by atoms with Gasteiger partial charge in [0.05, 0.1) is 22.1 Å². The van der Waals surface area contributed by atoms with Crippen molar-refractivity contribution in [3.8, 4) is 27.9 Å². The average Bonchev–Trinajstić information content (AvgIpc) is 3.62. The van der Waals surface area contributed by atoms with E-state index in [1.165, 1.54) is 77.6 Å². The summed E-state index contributed by atoms with van der Waals surface area (Å²) < 4.78 is 2.51. The molecule has 1 aliphatic heterocycles. The molecule has 0 saturated carbocycles.